The summed E-state index contributed by atoms with van der Waals surface area (Å²) in [4.78, 5) is 13.8. The lowest BCUT2D eigenvalue weighted by Gasteiger charge is -2.26. The number of benzene rings is 1. The fourth-order valence-corrected chi connectivity index (χ4v) is 2.18. The first-order chi connectivity index (χ1) is 10.1. The van der Waals surface area contributed by atoms with Gasteiger partial charge in [-0.25, -0.2) is 9.18 Å². The van der Waals surface area contributed by atoms with E-state index in [0.29, 0.717) is 6.54 Å². The van der Waals surface area contributed by atoms with Crippen LogP contribution in [0.15, 0.2) is 12.1 Å². The molecule has 1 saturated heterocycles. The van der Waals surface area contributed by atoms with Crippen LogP contribution in [0.5, 0.6) is 0 Å². The lowest BCUT2D eigenvalue weighted by Crippen LogP contribution is -2.39. The van der Waals surface area contributed by atoms with Crippen LogP contribution in [0.1, 0.15) is 10.4 Å². The number of carbonyl (C=O) groups is 1. The van der Waals surface area contributed by atoms with Gasteiger partial charge in [-0.1, -0.05) is 0 Å². The molecule has 7 heteroatoms. The number of nitrogen functional groups attached to an aromatic ring is 1. The maximum atomic E-state index is 13.8. The average molecular weight is 297 g/mol. The largest absolute Gasteiger partial charge is 0.465 e. The predicted octanol–water partition coefficient (Wildman–Crippen LogP) is 0.939. The number of nitrogens with one attached hydrogen (secondary N) is 1. The van der Waals surface area contributed by atoms with E-state index in [9.17, 15) is 9.18 Å². The molecule has 0 bridgehead atoms. The molecule has 116 valence electrons. The Bertz CT molecular complexity index is 504. The number of hydrogen-bond acceptors (Lipinski definition) is 6. The van der Waals surface area contributed by atoms with E-state index in [-0.39, 0.29) is 16.9 Å². The van der Waals surface area contributed by atoms with Crippen LogP contribution in [0.3, 0.4) is 0 Å². The average Bonchev–Trinajstić information content (AvgIpc) is 2.49. The number of nitrogens with zero attached hydrogens (tertiary/aromatic N) is 1. The van der Waals surface area contributed by atoms with E-state index in [4.69, 9.17) is 10.5 Å². The van der Waals surface area contributed by atoms with E-state index in [2.05, 4.69) is 15.0 Å². The SMILES string of the molecule is COC(=O)c1cc(NCCN2CCOCC2)c(F)cc1N. The highest BCUT2D eigenvalue weighted by atomic mass is 19.1. The van der Waals surface area contributed by atoms with Gasteiger partial charge in [-0.05, 0) is 12.1 Å². The number of anilines is 2. The fourth-order valence-electron chi connectivity index (χ4n) is 2.18. The Balaban J connectivity index is 1.97. The molecule has 1 heterocycles. The minimum Gasteiger partial charge on any atom is -0.465 e. The van der Waals surface area contributed by atoms with Gasteiger partial charge in [0.1, 0.15) is 5.82 Å². The van der Waals surface area contributed by atoms with Gasteiger partial charge in [0.05, 0.1) is 31.6 Å². The number of carbonyl (C=O) groups excluding carboxylic acids is 1. The van der Waals surface area contributed by atoms with Crippen molar-refractivity contribution in [1.82, 2.24) is 4.90 Å². The number of ether oxygens (including phenoxy) is 2. The molecule has 1 aliphatic rings. The van der Waals surface area contributed by atoms with Gasteiger partial charge in [0.2, 0.25) is 0 Å². The minimum atomic E-state index is -0.580. The molecule has 1 fully saturated rings. The van der Waals surface area contributed by atoms with E-state index in [0.717, 1.165) is 38.9 Å². The summed E-state index contributed by atoms with van der Waals surface area (Å²) in [6.45, 7) is 4.55. The van der Waals surface area contributed by atoms with Crippen molar-refractivity contribution in [1.29, 1.82) is 0 Å². The van der Waals surface area contributed by atoms with Gasteiger partial charge in [0, 0.05) is 31.9 Å². The maximum absolute atomic E-state index is 13.8. The Morgan fingerprint density at radius 1 is 1.48 bits per heavy atom. The molecular weight excluding hydrogens is 277 g/mol. The van der Waals surface area contributed by atoms with Crippen LogP contribution in [0.2, 0.25) is 0 Å². The van der Waals surface area contributed by atoms with Crippen molar-refractivity contribution in [2.75, 3.05) is 57.6 Å². The number of morpholine rings is 1. The van der Waals surface area contributed by atoms with E-state index in [1.54, 1.807) is 0 Å². The Hall–Kier alpha value is -1.86. The molecule has 3 N–H and O–H groups in total. The van der Waals surface area contributed by atoms with Gasteiger partial charge in [0.25, 0.3) is 0 Å². The second kappa shape index (κ2) is 7.24. The molecule has 0 radical (unpaired) electrons. The van der Waals surface area contributed by atoms with E-state index in [1.807, 2.05) is 0 Å². The van der Waals surface area contributed by atoms with E-state index < -0.39 is 11.8 Å². The lowest BCUT2D eigenvalue weighted by molar-refractivity contribution is 0.0398. The zero-order valence-electron chi connectivity index (χ0n) is 12.0. The van der Waals surface area contributed by atoms with Gasteiger partial charge in [-0.15, -0.1) is 0 Å². The van der Waals surface area contributed by atoms with Crippen LogP contribution >= 0.6 is 0 Å². The molecule has 0 amide bonds. The zero-order valence-corrected chi connectivity index (χ0v) is 12.0. The summed E-state index contributed by atoms with van der Waals surface area (Å²) < 4.78 is 23.7. The summed E-state index contributed by atoms with van der Waals surface area (Å²) in [6, 6.07) is 2.51. The summed E-state index contributed by atoms with van der Waals surface area (Å²) in [5.41, 5.74) is 6.10. The third kappa shape index (κ3) is 4.05. The third-order valence-corrected chi connectivity index (χ3v) is 3.39. The van der Waals surface area contributed by atoms with Gasteiger partial charge in [-0.3, -0.25) is 4.90 Å². The molecule has 0 saturated carbocycles. The first kappa shape index (κ1) is 15.5. The molecule has 0 unspecified atom stereocenters. The lowest BCUT2D eigenvalue weighted by atomic mass is 10.1. The molecule has 0 aliphatic carbocycles. The van der Waals surface area contributed by atoms with Crippen molar-refractivity contribution in [3.05, 3.63) is 23.5 Å². The Morgan fingerprint density at radius 3 is 2.86 bits per heavy atom. The normalized spacial score (nSPS) is 15.7. The maximum Gasteiger partial charge on any atom is 0.340 e. The van der Waals surface area contributed by atoms with Crippen LogP contribution in [0, 0.1) is 5.82 Å². The molecule has 0 atom stereocenters. The number of esters is 1. The number of methoxy groups -OCH3 is 1. The minimum absolute atomic E-state index is 0.0677. The monoisotopic (exact) mass is 297 g/mol. The fraction of sp³-hybridized carbons (Fsp3) is 0.500. The van der Waals surface area contributed by atoms with E-state index in [1.165, 1.54) is 13.2 Å². The Morgan fingerprint density at radius 2 is 2.19 bits per heavy atom. The van der Waals surface area contributed by atoms with Crippen LogP contribution in [0.25, 0.3) is 0 Å². The molecule has 0 spiro atoms. The van der Waals surface area contributed by atoms with Crippen LogP contribution < -0.4 is 11.1 Å². The second-order valence-electron chi connectivity index (χ2n) is 4.79. The van der Waals surface area contributed by atoms with Crippen molar-refractivity contribution < 1.29 is 18.7 Å². The molecule has 1 aliphatic heterocycles. The zero-order chi connectivity index (χ0) is 15.2. The smallest absolute Gasteiger partial charge is 0.340 e. The van der Waals surface area contributed by atoms with Gasteiger partial charge in [-0.2, -0.15) is 0 Å². The van der Waals surface area contributed by atoms with Crippen LogP contribution in [0.4, 0.5) is 15.8 Å². The standard InChI is InChI=1S/C14H20FN3O3/c1-20-14(19)10-8-13(11(15)9-12(10)16)17-2-3-18-4-6-21-7-5-18/h8-9,17H,2-7,16H2,1H3. The van der Waals surface area contributed by atoms with E-state index >= 15 is 0 Å². The first-order valence-electron chi connectivity index (χ1n) is 6.83. The highest BCUT2D eigenvalue weighted by molar-refractivity contribution is 5.96. The van der Waals surface area contributed by atoms with Crippen molar-refractivity contribution in [3.8, 4) is 0 Å². The van der Waals surface area contributed by atoms with Crippen LogP contribution in [-0.2, 0) is 9.47 Å². The van der Waals surface area contributed by atoms with Crippen molar-refractivity contribution in [3.63, 3.8) is 0 Å². The highest BCUT2D eigenvalue weighted by Gasteiger charge is 2.15. The topological polar surface area (TPSA) is 76.8 Å². The quantitative estimate of drug-likeness (QED) is 0.622. The van der Waals surface area contributed by atoms with Gasteiger partial charge < -0.3 is 20.5 Å². The predicted molar refractivity (Wildman–Crippen MR) is 77.9 cm³/mol. The molecule has 21 heavy (non-hydrogen) atoms. The second-order valence-corrected chi connectivity index (χ2v) is 4.79. The molecular formula is C14H20FN3O3. The molecule has 6 nitrogen and oxygen atoms in total. The Labute approximate surface area is 123 Å². The molecule has 2 rings (SSSR count). The molecule has 1 aromatic carbocycles. The number of rotatable bonds is 5. The summed E-state index contributed by atoms with van der Waals surface area (Å²) in [6.07, 6.45) is 0. The number of halogens is 1. The van der Waals surface area contributed by atoms with Crippen LogP contribution in [-0.4, -0.2) is 57.4 Å². The summed E-state index contributed by atoms with van der Waals surface area (Å²) in [5.74, 6) is -1.06. The summed E-state index contributed by atoms with van der Waals surface area (Å²) >= 11 is 0. The van der Waals surface area contributed by atoms with Crippen molar-refractivity contribution in [2.24, 2.45) is 0 Å². The summed E-state index contributed by atoms with van der Waals surface area (Å²) in [5, 5.41) is 2.99. The van der Waals surface area contributed by atoms with Crippen molar-refractivity contribution >= 4 is 17.3 Å². The Kier molecular flexibility index (Phi) is 5.35. The van der Waals surface area contributed by atoms with Crippen molar-refractivity contribution in [2.45, 2.75) is 0 Å². The highest BCUT2D eigenvalue weighted by Crippen LogP contribution is 2.22. The number of hydrogen-bond donors (Lipinski definition) is 2. The molecule has 0 aromatic heterocycles. The third-order valence-electron chi connectivity index (χ3n) is 3.39. The summed E-state index contributed by atoms with van der Waals surface area (Å²) in [7, 11) is 1.26. The van der Waals surface area contributed by atoms with Gasteiger partial charge in [0.15, 0.2) is 0 Å². The van der Waals surface area contributed by atoms with Gasteiger partial charge >= 0.3 is 5.97 Å². The first-order valence-corrected chi connectivity index (χ1v) is 6.83. The molecule has 1 aromatic rings. The number of nitrogens with two attached hydrogens (primary N) is 1.